The fraction of sp³-hybridized carbons (Fsp3) is 0.467. The molecule has 0 aliphatic carbocycles. The molecule has 0 aliphatic heterocycles. The monoisotopic (exact) mass is 298 g/mol. The largest absolute Gasteiger partial charge is 0.494 e. The molecule has 0 aromatic heterocycles. The van der Waals surface area contributed by atoms with Gasteiger partial charge in [-0.3, -0.25) is 4.57 Å². The molecule has 5 heteroatoms. The summed E-state index contributed by atoms with van der Waals surface area (Å²) in [5, 5.41) is 0. The van der Waals surface area contributed by atoms with Gasteiger partial charge in [-0.25, -0.2) is 0 Å². The van der Waals surface area contributed by atoms with Crippen molar-refractivity contribution in [3.05, 3.63) is 42.0 Å². The quantitative estimate of drug-likeness (QED) is 0.499. The third-order valence-electron chi connectivity index (χ3n) is 2.65. The van der Waals surface area contributed by atoms with E-state index < -0.39 is 7.60 Å². The van der Waals surface area contributed by atoms with Gasteiger partial charge in [-0.15, -0.1) is 0 Å². The molecule has 0 unspecified atom stereocenters. The van der Waals surface area contributed by atoms with Gasteiger partial charge < -0.3 is 13.8 Å². The Balaban J connectivity index is 3.01. The number of ether oxygens (including phenoxy) is 1. The first-order valence-electron chi connectivity index (χ1n) is 6.84. The van der Waals surface area contributed by atoms with E-state index >= 15 is 0 Å². The predicted octanol–water partition coefficient (Wildman–Crippen LogP) is 4.46. The van der Waals surface area contributed by atoms with Crippen molar-refractivity contribution in [3.63, 3.8) is 0 Å². The molecule has 0 heterocycles. The normalized spacial score (nSPS) is 11.3. The SMILES string of the molecule is C=C(OCC)c1ccccc1CP(=O)(OCC)OCC. The Bertz CT molecular complexity index is 475. The summed E-state index contributed by atoms with van der Waals surface area (Å²) in [5.74, 6) is 0.572. The molecule has 0 saturated carbocycles. The average molecular weight is 298 g/mol. The van der Waals surface area contributed by atoms with Crippen LogP contribution in [-0.2, 0) is 24.5 Å². The van der Waals surface area contributed by atoms with Gasteiger partial charge in [-0.05, 0) is 26.3 Å². The molecule has 0 radical (unpaired) electrons. The highest BCUT2D eigenvalue weighted by atomic mass is 31.2. The second-order valence-corrected chi connectivity index (χ2v) is 6.17. The Morgan fingerprint density at radius 1 is 1.10 bits per heavy atom. The Morgan fingerprint density at radius 2 is 1.70 bits per heavy atom. The van der Waals surface area contributed by atoms with Crippen LogP contribution in [0.1, 0.15) is 31.9 Å². The Morgan fingerprint density at radius 3 is 2.25 bits per heavy atom. The molecule has 0 saturated heterocycles. The molecule has 0 N–H and O–H groups in total. The highest BCUT2D eigenvalue weighted by molar-refractivity contribution is 7.53. The minimum absolute atomic E-state index is 0.219. The van der Waals surface area contributed by atoms with Crippen molar-refractivity contribution < 1.29 is 18.3 Å². The lowest BCUT2D eigenvalue weighted by atomic mass is 10.1. The van der Waals surface area contributed by atoms with Crippen molar-refractivity contribution in [1.29, 1.82) is 0 Å². The molecule has 112 valence electrons. The first-order valence-corrected chi connectivity index (χ1v) is 8.57. The van der Waals surface area contributed by atoms with Crippen LogP contribution in [0.5, 0.6) is 0 Å². The molecule has 0 aliphatic rings. The van der Waals surface area contributed by atoms with Crippen LogP contribution in [0.3, 0.4) is 0 Å². The van der Waals surface area contributed by atoms with E-state index in [9.17, 15) is 4.57 Å². The molecule has 1 rings (SSSR count). The van der Waals surface area contributed by atoms with Gasteiger partial charge in [0.2, 0.25) is 0 Å². The summed E-state index contributed by atoms with van der Waals surface area (Å²) in [7, 11) is -3.12. The highest BCUT2D eigenvalue weighted by Crippen LogP contribution is 2.52. The third-order valence-corrected chi connectivity index (χ3v) is 4.68. The molecule has 1 aromatic carbocycles. The summed E-state index contributed by atoms with van der Waals surface area (Å²) in [6.45, 7) is 10.7. The summed E-state index contributed by atoms with van der Waals surface area (Å²) in [5.41, 5.74) is 1.70. The van der Waals surface area contributed by atoms with Gasteiger partial charge in [0, 0.05) is 5.56 Å². The first kappa shape index (κ1) is 17.0. The minimum Gasteiger partial charge on any atom is -0.494 e. The number of benzene rings is 1. The standard InChI is InChI=1S/C15H23O4P/c1-5-17-13(4)15-11-9-8-10-14(15)12-20(16,18-6-2)19-7-3/h8-11H,4-7,12H2,1-3H3. The Kier molecular flexibility index (Phi) is 7.00. The van der Waals surface area contributed by atoms with E-state index in [-0.39, 0.29) is 6.16 Å². The number of hydrogen-bond donors (Lipinski definition) is 0. The lowest BCUT2D eigenvalue weighted by Gasteiger charge is -2.19. The maximum absolute atomic E-state index is 12.6. The van der Waals surface area contributed by atoms with E-state index in [4.69, 9.17) is 13.8 Å². The van der Waals surface area contributed by atoms with Crippen molar-refractivity contribution >= 4 is 13.4 Å². The topological polar surface area (TPSA) is 44.8 Å². The van der Waals surface area contributed by atoms with Crippen LogP contribution in [-0.4, -0.2) is 19.8 Å². The fourth-order valence-electron chi connectivity index (χ4n) is 1.91. The van der Waals surface area contributed by atoms with Crippen molar-refractivity contribution in [2.75, 3.05) is 19.8 Å². The maximum atomic E-state index is 12.6. The Hall–Kier alpha value is -1.09. The van der Waals surface area contributed by atoms with E-state index in [1.54, 1.807) is 13.8 Å². The summed E-state index contributed by atoms with van der Waals surface area (Å²) in [6.07, 6.45) is 0.219. The number of hydrogen-bond acceptors (Lipinski definition) is 4. The zero-order valence-electron chi connectivity index (χ0n) is 12.4. The van der Waals surface area contributed by atoms with Crippen LogP contribution in [0, 0.1) is 0 Å². The van der Waals surface area contributed by atoms with E-state index in [2.05, 4.69) is 6.58 Å². The summed E-state index contributed by atoms with van der Waals surface area (Å²) >= 11 is 0. The van der Waals surface area contributed by atoms with Crippen LogP contribution in [0.25, 0.3) is 5.76 Å². The zero-order chi connectivity index (χ0) is 15.0. The minimum atomic E-state index is -3.12. The lowest BCUT2D eigenvalue weighted by molar-refractivity contribution is 0.219. The van der Waals surface area contributed by atoms with Crippen molar-refractivity contribution in [3.8, 4) is 0 Å². The van der Waals surface area contributed by atoms with Gasteiger partial charge in [0.1, 0.15) is 5.76 Å². The first-order chi connectivity index (χ1) is 9.56. The van der Waals surface area contributed by atoms with Crippen molar-refractivity contribution in [2.24, 2.45) is 0 Å². The highest BCUT2D eigenvalue weighted by Gasteiger charge is 2.25. The molecule has 4 nitrogen and oxygen atoms in total. The predicted molar refractivity (Wildman–Crippen MR) is 81.7 cm³/mol. The molecular formula is C15H23O4P. The zero-order valence-corrected chi connectivity index (χ0v) is 13.3. The van der Waals surface area contributed by atoms with E-state index in [0.29, 0.717) is 25.6 Å². The molecule has 0 bridgehead atoms. The molecule has 0 spiro atoms. The van der Waals surface area contributed by atoms with Gasteiger partial charge in [0.25, 0.3) is 0 Å². The van der Waals surface area contributed by atoms with Gasteiger partial charge in [-0.2, -0.15) is 0 Å². The summed E-state index contributed by atoms with van der Waals surface area (Å²) < 4.78 is 28.7. The number of rotatable bonds is 9. The molecule has 0 fully saturated rings. The molecule has 0 atom stereocenters. The second-order valence-electron chi connectivity index (χ2n) is 4.12. The van der Waals surface area contributed by atoms with E-state index in [0.717, 1.165) is 11.1 Å². The van der Waals surface area contributed by atoms with Gasteiger partial charge in [-0.1, -0.05) is 30.8 Å². The molecule has 0 amide bonds. The van der Waals surface area contributed by atoms with Crippen LogP contribution in [0.2, 0.25) is 0 Å². The van der Waals surface area contributed by atoms with Gasteiger partial charge in [0.15, 0.2) is 0 Å². The van der Waals surface area contributed by atoms with Crippen LogP contribution in [0.15, 0.2) is 30.8 Å². The van der Waals surface area contributed by atoms with E-state index in [1.807, 2.05) is 31.2 Å². The van der Waals surface area contributed by atoms with Crippen LogP contribution in [0.4, 0.5) is 0 Å². The van der Waals surface area contributed by atoms with Crippen molar-refractivity contribution in [1.82, 2.24) is 0 Å². The Labute approximate surface area is 121 Å². The molecule has 1 aromatic rings. The van der Waals surface area contributed by atoms with Gasteiger partial charge >= 0.3 is 7.60 Å². The van der Waals surface area contributed by atoms with Crippen LogP contribution < -0.4 is 0 Å². The third kappa shape index (κ3) is 4.78. The van der Waals surface area contributed by atoms with Crippen LogP contribution >= 0.6 is 7.60 Å². The van der Waals surface area contributed by atoms with E-state index in [1.165, 1.54) is 0 Å². The maximum Gasteiger partial charge on any atom is 0.335 e. The summed E-state index contributed by atoms with van der Waals surface area (Å²) in [4.78, 5) is 0. The average Bonchev–Trinajstić information content (AvgIpc) is 2.40. The fourth-order valence-corrected chi connectivity index (χ4v) is 3.65. The smallest absolute Gasteiger partial charge is 0.335 e. The van der Waals surface area contributed by atoms with Crippen molar-refractivity contribution in [2.45, 2.75) is 26.9 Å². The second kappa shape index (κ2) is 8.25. The molecule has 20 heavy (non-hydrogen) atoms. The van der Waals surface area contributed by atoms with Gasteiger partial charge in [0.05, 0.1) is 26.0 Å². The molecular weight excluding hydrogens is 275 g/mol. The lowest BCUT2D eigenvalue weighted by Crippen LogP contribution is -2.02. The summed E-state index contributed by atoms with van der Waals surface area (Å²) in [6, 6.07) is 7.58.